The Bertz CT molecular complexity index is 589. The van der Waals surface area contributed by atoms with Crippen molar-refractivity contribution in [1.82, 2.24) is 15.2 Å². The van der Waals surface area contributed by atoms with Crippen molar-refractivity contribution in [2.45, 2.75) is 46.2 Å². The third-order valence-electron chi connectivity index (χ3n) is 3.77. The molecule has 0 radical (unpaired) electrons. The minimum Gasteiger partial charge on any atom is -0.271 e. The van der Waals surface area contributed by atoms with Gasteiger partial charge in [0.05, 0.1) is 21.9 Å². The van der Waals surface area contributed by atoms with E-state index in [0.29, 0.717) is 0 Å². The fourth-order valence-corrected chi connectivity index (χ4v) is 3.20. The van der Waals surface area contributed by atoms with E-state index in [2.05, 4.69) is 76.2 Å². The SMILES string of the molecule is CCc1nn(CC)c(CC(NN)c2ccc(C)cc2)c1Br. The van der Waals surface area contributed by atoms with Gasteiger partial charge < -0.3 is 0 Å². The zero-order chi connectivity index (χ0) is 15.4. The van der Waals surface area contributed by atoms with Crippen LogP contribution in [0.1, 0.15) is 42.4 Å². The minimum atomic E-state index is 0.0774. The molecule has 2 aromatic rings. The Morgan fingerprint density at radius 3 is 2.48 bits per heavy atom. The highest BCUT2D eigenvalue weighted by atomic mass is 79.9. The van der Waals surface area contributed by atoms with Gasteiger partial charge in [-0.2, -0.15) is 5.10 Å². The number of aromatic nitrogens is 2. The number of nitrogens with one attached hydrogen (secondary N) is 1. The molecule has 1 aromatic carbocycles. The second-order valence-corrected chi connectivity index (χ2v) is 6.00. The Labute approximate surface area is 134 Å². The highest BCUT2D eigenvalue weighted by molar-refractivity contribution is 9.10. The van der Waals surface area contributed by atoms with Crippen LogP contribution >= 0.6 is 15.9 Å². The first-order chi connectivity index (χ1) is 10.1. The van der Waals surface area contributed by atoms with Gasteiger partial charge in [0.1, 0.15) is 0 Å². The van der Waals surface area contributed by atoms with E-state index in [4.69, 9.17) is 5.84 Å². The van der Waals surface area contributed by atoms with Crippen LogP contribution < -0.4 is 11.3 Å². The van der Waals surface area contributed by atoms with Crippen molar-refractivity contribution in [3.63, 3.8) is 0 Å². The standard InChI is InChI=1S/C16H23BrN4/c1-4-13-16(17)15(21(5-2)20-13)10-14(19-18)12-8-6-11(3)7-9-12/h6-9,14,19H,4-5,10,18H2,1-3H3. The van der Waals surface area contributed by atoms with E-state index in [1.807, 2.05) is 0 Å². The molecule has 1 unspecified atom stereocenters. The van der Waals surface area contributed by atoms with E-state index in [0.717, 1.165) is 29.6 Å². The lowest BCUT2D eigenvalue weighted by molar-refractivity contribution is 0.515. The van der Waals surface area contributed by atoms with Gasteiger partial charge in [0.25, 0.3) is 0 Å². The third kappa shape index (κ3) is 3.54. The number of hydrogen-bond acceptors (Lipinski definition) is 3. The molecule has 0 saturated carbocycles. The van der Waals surface area contributed by atoms with Crippen molar-refractivity contribution >= 4 is 15.9 Å². The van der Waals surface area contributed by atoms with Crippen molar-refractivity contribution in [3.8, 4) is 0 Å². The number of rotatable bonds is 6. The average Bonchev–Trinajstić information content (AvgIpc) is 2.81. The van der Waals surface area contributed by atoms with Crippen LogP contribution in [0.5, 0.6) is 0 Å². The monoisotopic (exact) mass is 350 g/mol. The average molecular weight is 351 g/mol. The van der Waals surface area contributed by atoms with Crippen molar-refractivity contribution in [2.75, 3.05) is 0 Å². The smallest absolute Gasteiger partial charge is 0.0766 e. The molecule has 5 heteroatoms. The molecular formula is C16H23BrN4. The van der Waals surface area contributed by atoms with Crippen LogP contribution in [-0.4, -0.2) is 9.78 Å². The van der Waals surface area contributed by atoms with Gasteiger partial charge in [0.15, 0.2) is 0 Å². The van der Waals surface area contributed by atoms with Crippen LogP contribution in [0.15, 0.2) is 28.7 Å². The molecule has 0 fully saturated rings. The van der Waals surface area contributed by atoms with E-state index in [9.17, 15) is 0 Å². The predicted octanol–water partition coefficient (Wildman–Crippen LogP) is 3.28. The van der Waals surface area contributed by atoms with E-state index in [-0.39, 0.29) is 6.04 Å². The largest absolute Gasteiger partial charge is 0.271 e. The van der Waals surface area contributed by atoms with Crippen molar-refractivity contribution in [3.05, 3.63) is 51.3 Å². The maximum Gasteiger partial charge on any atom is 0.0766 e. The second kappa shape index (κ2) is 7.20. The highest BCUT2D eigenvalue weighted by Gasteiger charge is 2.19. The first-order valence-electron chi connectivity index (χ1n) is 7.37. The van der Waals surface area contributed by atoms with Gasteiger partial charge in [-0.05, 0) is 41.8 Å². The fraction of sp³-hybridized carbons (Fsp3) is 0.438. The second-order valence-electron chi connectivity index (χ2n) is 5.21. The van der Waals surface area contributed by atoms with E-state index < -0.39 is 0 Å². The number of nitrogens with two attached hydrogens (primary N) is 1. The number of nitrogens with zero attached hydrogens (tertiary/aromatic N) is 2. The summed E-state index contributed by atoms with van der Waals surface area (Å²) in [4.78, 5) is 0. The number of hydrogen-bond donors (Lipinski definition) is 2. The molecule has 2 rings (SSSR count). The summed E-state index contributed by atoms with van der Waals surface area (Å²) in [5, 5.41) is 4.64. The first-order valence-corrected chi connectivity index (χ1v) is 8.16. The molecule has 0 saturated heterocycles. The molecule has 0 aliphatic carbocycles. The number of halogens is 1. The Balaban J connectivity index is 2.30. The highest BCUT2D eigenvalue weighted by Crippen LogP contribution is 2.27. The van der Waals surface area contributed by atoms with Gasteiger partial charge in [-0.25, -0.2) is 0 Å². The topological polar surface area (TPSA) is 55.9 Å². The predicted molar refractivity (Wildman–Crippen MR) is 89.9 cm³/mol. The van der Waals surface area contributed by atoms with Crippen molar-refractivity contribution < 1.29 is 0 Å². The molecule has 0 spiro atoms. The summed E-state index contributed by atoms with van der Waals surface area (Å²) in [5.74, 6) is 5.78. The van der Waals surface area contributed by atoms with Crippen LogP contribution in [0, 0.1) is 6.92 Å². The summed E-state index contributed by atoms with van der Waals surface area (Å²) >= 11 is 3.69. The van der Waals surface area contributed by atoms with Gasteiger partial charge in [-0.15, -0.1) is 0 Å². The molecule has 1 aromatic heterocycles. The molecular weight excluding hydrogens is 328 g/mol. The van der Waals surface area contributed by atoms with Gasteiger partial charge in [-0.1, -0.05) is 36.8 Å². The van der Waals surface area contributed by atoms with E-state index >= 15 is 0 Å². The lowest BCUT2D eigenvalue weighted by atomic mass is 10.0. The Morgan fingerprint density at radius 1 is 1.29 bits per heavy atom. The number of aryl methyl sites for hydroxylation is 3. The summed E-state index contributed by atoms with van der Waals surface area (Å²) in [5.41, 5.74) is 7.67. The molecule has 21 heavy (non-hydrogen) atoms. The number of hydrazine groups is 1. The molecule has 3 N–H and O–H groups in total. The van der Waals surface area contributed by atoms with Crippen LogP contribution in [0.25, 0.3) is 0 Å². The minimum absolute atomic E-state index is 0.0774. The third-order valence-corrected chi connectivity index (χ3v) is 4.69. The molecule has 0 aliphatic heterocycles. The summed E-state index contributed by atoms with van der Waals surface area (Å²) in [6.07, 6.45) is 1.73. The summed E-state index contributed by atoms with van der Waals surface area (Å²) in [7, 11) is 0. The van der Waals surface area contributed by atoms with Crippen LogP contribution in [-0.2, 0) is 19.4 Å². The Morgan fingerprint density at radius 2 is 1.95 bits per heavy atom. The quantitative estimate of drug-likeness (QED) is 0.620. The van der Waals surface area contributed by atoms with Gasteiger partial charge >= 0.3 is 0 Å². The molecule has 114 valence electrons. The number of benzene rings is 1. The van der Waals surface area contributed by atoms with Crippen LogP contribution in [0.3, 0.4) is 0 Å². The lowest BCUT2D eigenvalue weighted by Crippen LogP contribution is -2.30. The Hall–Kier alpha value is -1.17. The lowest BCUT2D eigenvalue weighted by Gasteiger charge is -2.17. The zero-order valence-corrected chi connectivity index (χ0v) is 14.4. The molecule has 1 atom stereocenters. The normalized spacial score (nSPS) is 12.6. The van der Waals surface area contributed by atoms with Gasteiger partial charge in [0.2, 0.25) is 0 Å². The van der Waals surface area contributed by atoms with E-state index in [1.165, 1.54) is 16.8 Å². The summed E-state index contributed by atoms with van der Waals surface area (Å²) < 4.78 is 3.17. The molecule has 0 aliphatic rings. The maximum atomic E-state index is 5.78. The molecule has 0 bridgehead atoms. The van der Waals surface area contributed by atoms with Crippen LogP contribution in [0.2, 0.25) is 0 Å². The molecule has 4 nitrogen and oxygen atoms in total. The maximum absolute atomic E-state index is 5.78. The fourth-order valence-electron chi connectivity index (χ4n) is 2.48. The summed E-state index contributed by atoms with van der Waals surface area (Å²) in [6.45, 7) is 7.18. The first kappa shape index (κ1) is 16.2. The Kier molecular flexibility index (Phi) is 5.56. The zero-order valence-electron chi connectivity index (χ0n) is 12.9. The van der Waals surface area contributed by atoms with Gasteiger partial charge in [-0.3, -0.25) is 16.0 Å². The van der Waals surface area contributed by atoms with Gasteiger partial charge in [0, 0.05) is 13.0 Å². The van der Waals surface area contributed by atoms with Crippen molar-refractivity contribution in [1.29, 1.82) is 0 Å². The molecule has 1 heterocycles. The summed E-state index contributed by atoms with van der Waals surface area (Å²) in [6, 6.07) is 8.56. The molecule has 0 amide bonds. The van der Waals surface area contributed by atoms with E-state index in [1.54, 1.807) is 0 Å². The van der Waals surface area contributed by atoms with Crippen molar-refractivity contribution in [2.24, 2.45) is 5.84 Å². The van der Waals surface area contributed by atoms with Crippen LogP contribution in [0.4, 0.5) is 0 Å².